The Kier molecular flexibility index (Phi) is 5.61. The van der Waals surface area contributed by atoms with E-state index in [1.54, 1.807) is 12.1 Å². The van der Waals surface area contributed by atoms with Crippen LogP contribution in [0.4, 0.5) is 4.39 Å². The van der Waals surface area contributed by atoms with Crippen LogP contribution in [0.2, 0.25) is 5.02 Å². The molecule has 1 aromatic carbocycles. The Bertz CT molecular complexity index is 390. The van der Waals surface area contributed by atoms with Crippen molar-refractivity contribution < 1.29 is 4.39 Å². The molecule has 1 aromatic rings. The van der Waals surface area contributed by atoms with Crippen LogP contribution in [0.15, 0.2) is 18.2 Å². The molecule has 0 radical (unpaired) electrons. The highest BCUT2D eigenvalue weighted by Gasteiger charge is 2.30. The van der Waals surface area contributed by atoms with Gasteiger partial charge in [0.2, 0.25) is 0 Å². The molecule has 1 unspecified atom stereocenters. The Balaban J connectivity index is 3.09. The Morgan fingerprint density at radius 3 is 2.50 bits per heavy atom. The first kappa shape index (κ1) is 15.5. The van der Waals surface area contributed by atoms with Gasteiger partial charge in [-0.2, -0.15) is 0 Å². The monoisotopic (exact) mass is 271 g/mol. The molecule has 1 rings (SSSR count). The largest absolute Gasteiger partial charge is 0.309 e. The van der Waals surface area contributed by atoms with E-state index in [2.05, 4.69) is 33.0 Å². The molecule has 0 amide bonds. The van der Waals surface area contributed by atoms with Crippen molar-refractivity contribution in [2.75, 3.05) is 6.54 Å². The number of benzene rings is 1. The van der Waals surface area contributed by atoms with Gasteiger partial charge in [0.1, 0.15) is 5.82 Å². The van der Waals surface area contributed by atoms with Crippen LogP contribution in [-0.2, 0) is 0 Å². The molecule has 0 saturated heterocycles. The van der Waals surface area contributed by atoms with Gasteiger partial charge in [-0.3, -0.25) is 0 Å². The van der Waals surface area contributed by atoms with Crippen LogP contribution in [-0.4, -0.2) is 6.54 Å². The first-order chi connectivity index (χ1) is 8.42. The van der Waals surface area contributed by atoms with Crippen LogP contribution in [0.25, 0.3) is 0 Å². The minimum absolute atomic E-state index is 0.00381. The minimum atomic E-state index is -0.224. The predicted octanol–water partition coefficient (Wildman–Crippen LogP) is 4.96. The van der Waals surface area contributed by atoms with Gasteiger partial charge in [0.25, 0.3) is 0 Å². The molecule has 18 heavy (non-hydrogen) atoms. The van der Waals surface area contributed by atoms with Gasteiger partial charge in [-0.1, -0.05) is 45.4 Å². The Hall–Kier alpha value is -0.600. The molecule has 0 spiro atoms. The van der Waals surface area contributed by atoms with Crippen LogP contribution in [0.1, 0.15) is 52.1 Å². The molecule has 0 heterocycles. The molecule has 0 aromatic heterocycles. The third kappa shape index (κ3) is 3.69. The van der Waals surface area contributed by atoms with E-state index in [1.165, 1.54) is 6.07 Å². The smallest absolute Gasteiger partial charge is 0.129 e. The van der Waals surface area contributed by atoms with E-state index in [1.807, 2.05) is 0 Å². The Labute approximate surface area is 115 Å². The summed E-state index contributed by atoms with van der Waals surface area (Å²) >= 11 is 5.81. The number of rotatable bonds is 6. The summed E-state index contributed by atoms with van der Waals surface area (Å²) < 4.78 is 14.1. The van der Waals surface area contributed by atoms with Crippen molar-refractivity contribution in [3.8, 4) is 0 Å². The van der Waals surface area contributed by atoms with Crippen molar-refractivity contribution in [1.29, 1.82) is 0 Å². The zero-order chi connectivity index (χ0) is 13.8. The van der Waals surface area contributed by atoms with Crippen molar-refractivity contribution in [1.82, 2.24) is 5.32 Å². The van der Waals surface area contributed by atoms with Crippen molar-refractivity contribution in [2.24, 2.45) is 5.41 Å². The highest BCUT2D eigenvalue weighted by atomic mass is 35.5. The third-order valence-electron chi connectivity index (χ3n) is 3.56. The van der Waals surface area contributed by atoms with Crippen LogP contribution >= 0.6 is 11.6 Å². The standard InChI is InChI=1S/C15H23ClFN/c1-5-9-18-14(15(3,4)6-2)12-8-7-11(16)10-13(12)17/h7-8,10,14,18H,5-6,9H2,1-4H3. The highest BCUT2D eigenvalue weighted by molar-refractivity contribution is 6.30. The average Bonchev–Trinajstić information content (AvgIpc) is 2.31. The topological polar surface area (TPSA) is 12.0 Å². The number of hydrogen-bond donors (Lipinski definition) is 1. The van der Waals surface area contributed by atoms with Crippen molar-refractivity contribution >= 4 is 11.6 Å². The molecule has 1 atom stereocenters. The van der Waals surface area contributed by atoms with E-state index in [0.29, 0.717) is 10.6 Å². The van der Waals surface area contributed by atoms with Gasteiger partial charge in [-0.05, 0) is 36.9 Å². The van der Waals surface area contributed by atoms with E-state index in [0.717, 1.165) is 19.4 Å². The lowest BCUT2D eigenvalue weighted by atomic mass is 9.78. The summed E-state index contributed by atoms with van der Waals surface area (Å²) in [5, 5.41) is 3.90. The molecular weight excluding hydrogens is 249 g/mol. The van der Waals surface area contributed by atoms with Crippen molar-refractivity contribution in [3.63, 3.8) is 0 Å². The van der Waals surface area contributed by atoms with Gasteiger partial charge in [-0.15, -0.1) is 0 Å². The second-order valence-corrected chi connectivity index (χ2v) is 5.83. The Morgan fingerprint density at radius 1 is 1.33 bits per heavy atom. The first-order valence-corrected chi connectivity index (χ1v) is 6.98. The van der Waals surface area contributed by atoms with Gasteiger partial charge >= 0.3 is 0 Å². The lowest BCUT2D eigenvalue weighted by molar-refractivity contribution is 0.230. The van der Waals surface area contributed by atoms with Crippen LogP contribution in [0, 0.1) is 11.2 Å². The van der Waals surface area contributed by atoms with Crippen LogP contribution in [0.5, 0.6) is 0 Å². The molecule has 0 fully saturated rings. The van der Waals surface area contributed by atoms with Gasteiger partial charge < -0.3 is 5.32 Å². The van der Waals surface area contributed by atoms with E-state index in [-0.39, 0.29) is 17.3 Å². The average molecular weight is 272 g/mol. The minimum Gasteiger partial charge on any atom is -0.309 e. The summed E-state index contributed by atoms with van der Waals surface area (Å²) in [5.41, 5.74) is 0.712. The fourth-order valence-electron chi connectivity index (χ4n) is 2.04. The molecule has 102 valence electrons. The lowest BCUT2D eigenvalue weighted by Gasteiger charge is -2.35. The molecular formula is C15H23ClFN. The van der Waals surface area contributed by atoms with Gasteiger partial charge in [0.05, 0.1) is 0 Å². The second kappa shape index (κ2) is 6.53. The zero-order valence-electron chi connectivity index (χ0n) is 11.7. The molecule has 1 nitrogen and oxygen atoms in total. The van der Waals surface area contributed by atoms with E-state index >= 15 is 0 Å². The second-order valence-electron chi connectivity index (χ2n) is 5.40. The molecule has 0 aliphatic rings. The SMILES string of the molecule is CCCNC(c1ccc(Cl)cc1F)C(C)(C)CC. The Morgan fingerprint density at radius 2 is 2.00 bits per heavy atom. The van der Waals surface area contributed by atoms with Crippen LogP contribution in [0.3, 0.4) is 0 Å². The number of nitrogens with one attached hydrogen (secondary N) is 1. The maximum atomic E-state index is 14.1. The molecule has 3 heteroatoms. The molecule has 0 bridgehead atoms. The van der Waals surface area contributed by atoms with Crippen LogP contribution < -0.4 is 5.32 Å². The van der Waals surface area contributed by atoms with Gasteiger partial charge in [-0.25, -0.2) is 4.39 Å². The van der Waals surface area contributed by atoms with Crippen molar-refractivity contribution in [3.05, 3.63) is 34.6 Å². The summed E-state index contributed by atoms with van der Waals surface area (Å²) in [6.07, 6.45) is 2.02. The summed E-state index contributed by atoms with van der Waals surface area (Å²) in [4.78, 5) is 0. The number of halogens is 2. The number of hydrogen-bond acceptors (Lipinski definition) is 1. The maximum Gasteiger partial charge on any atom is 0.129 e. The molecule has 0 aliphatic carbocycles. The van der Waals surface area contributed by atoms with Crippen molar-refractivity contribution in [2.45, 2.75) is 46.6 Å². The van der Waals surface area contributed by atoms with E-state index < -0.39 is 0 Å². The van der Waals surface area contributed by atoms with Gasteiger partial charge in [0.15, 0.2) is 0 Å². The fourth-order valence-corrected chi connectivity index (χ4v) is 2.19. The molecule has 0 saturated carbocycles. The lowest BCUT2D eigenvalue weighted by Crippen LogP contribution is -2.35. The zero-order valence-corrected chi connectivity index (χ0v) is 12.4. The summed E-state index contributed by atoms with van der Waals surface area (Å²) in [5.74, 6) is -0.224. The quantitative estimate of drug-likeness (QED) is 0.771. The fraction of sp³-hybridized carbons (Fsp3) is 0.600. The predicted molar refractivity (Wildman–Crippen MR) is 76.5 cm³/mol. The van der Waals surface area contributed by atoms with E-state index in [9.17, 15) is 4.39 Å². The molecule has 0 aliphatic heterocycles. The van der Waals surface area contributed by atoms with Gasteiger partial charge in [0, 0.05) is 16.6 Å². The maximum absolute atomic E-state index is 14.1. The first-order valence-electron chi connectivity index (χ1n) is 6.60. The summed E-state index contributed by atoms with van der Waals surface area (Å²) in [7, 11) is 0. The summed E-state index contributed by atoms with van der Waals surface area (Å²) in [6.45, 7) is 9.45. The van der Waals surface area contributed by atoms with E-state index in [4.69, 9.17) is 11.6 Å². The summed E-state index contributed by atoms with van der Waals surface area (Å²) in [6, 6.07) is 4.96. The highest BCUT2D eigenvalue weighted by Crippen LogP contribution is 2.37. The molecule has 1 N–H and O–H groups in total. The normalized spacial score (nSPS) is 13.7. The third-order valence-corrected chi connectivity index (χ3v) is 3.80.